The van der Waals surface area contributed by atoms with E-state index in [1.54, 1.807) is 0 Å². The van der Waals surface area contributed by atoms with Crippen LogP contribution in [0.1, 0.15) is 4.44 Å². The Hall–Kier alpha value is -0.121. The summed E-state index contributed by atoms with van der Waals surface area (Å²) < 4.78 is 4.23. The van der Waals surface area contributed by atoms with Crippen LogP contribution in [-0.4, -0.2) is 14.5 Å². The van der Waals surface area contributed by atoms with Gasteiger partial charge < -0.3 is 0 Å². The van der Waals surface area contributed by atoms with Gasteiger partial charge in [0.15, 0.2) is 0 Å². The van der Waals surface area contributed by atoms with E-state index in [-0.39, 0.29) is 0 Å². The molecule has 3 aromatic rings. The second kappa shape index (κ2) is 4.87. The Labute approximate surface area is 123 Å². The van der Waals surface area contributed by atoms with E-state index < -0.39 is 0 Å². The van der Waals surface area contributed by atoms with Crippen LogP contribution in [0.4, 0.5) is 0 Å². The Morgan fingerprint density at radius 2 is 1.76 bits per heavy atom. The molecule has 0 aliphatic heterocycles. The van der Waals surface area contributed by atoms with Gasteiger partial charge in [0, 0.05) is 0 Å². The first-order chi connectivity index (χ1) is 8.25. The van der Waals surface area contributed by atoms with Gasteiger partial charge in [0.1, 0.15) is 0 Å². The molecule has 0 aromatic carbocycles. The molecule has 0 saturated heterocycles. The van der Waals surface area contributed by atoms with Crippen molar-refractivity contribution in [2.45, 2.75) is 6.92 Å². The topological polar surface area (TPSA) is 0 Å². The molecule has 0 radical (unpaired) electrons. The molecule has 0 fully saturated rings. The van der Waals surface area contributed by atoms with Crippen molar-refractivity contribution in [3.8, 4) is 19.8 Å². The molecule has 0 nitrogen and oxygen atoms in total. The number of hydrogen-bond donors (Lipinski definition) is 0. The average molecular weight is 388 g/mol. The summed E-state index contributed by atoms with van der Waals surface area (Å²) in [5.74, 6) is 0. The van der Waals surface area contributed by atoms with E-state index in [1.165, 1.54) is 28.7 Å². The van der Waals surface area contributed by atoms with Gasteiger partial charge in [-0.3, -0.25) is 0 Å². The SMILES string of the molecule is Cc1ccc(-c2ccsc2-c2sccc2Br)[se]1. The van der Waals surface area contributed by atoms with Gasteiger partial charge >= 0.3 is 124 Å². The summed E-state index contributed by atoms with van der Waals surface area (Å²) in [6, 6.07) is 8.91. The second-order valence-electron chi connectivity index (χ2n) is 3.67. The first-order valence-corrected chi connectivity index (χ1v) is 9.40. The predicted octanol–water partition coefficient (Wildman–Crippen LogP) is 5.27. The zero-order valence-corrected chi connectivity index (χ0v) is 14.0. The predicted molar refractivity (Wildman–Crippen MR) is 82.4 cm³/mol. The van der Waals surface area contributed by atoms with Crippen LogP contribution in [0, 0.1) is 6.92 Å². The maximum absolute atomic E-state index is 3.63. The van der Waals surface area contributed by atoms with Gasteiger partial charge in [0.05, 0.1) is 0 Å². The van der Waals surface area contributed by atoms with Crippen molar-refractivity contribution >= 4 is 53.1 Å². The average Bonchev–Trinajstić information content (AvgIpc) is 2.97. The summed E-state index contributed by atoms with van der Waals surface area (Å²) >= 11 is 7.79. The van der Waals surface area contributed by atoms with E-state index >= 15 is 0 Å². The molecule has 86 valence electrons. The molecule has 0 unspecified atom stereocenters. The zero-order chi connectivity index (χ0) is 11.8. The molecule has 0 N–H and O–H groups in total. The normalized spacial score (nSPS) is 10.9. The number of thiophene rings is 2. The monoisotopic (exact) mass is 388 g/mol. The van der Waals surface area contributed by atoms with E-state index in [2.05, 4.69) is 57.9 Å². The number of hydrogen-bond acceptors (Lipinski definition) is 2. The fraction of sp³-hybridized carbons (Fsp3) is 0.0769. The van der Waals surface area contributed by atoms with E-state index in [0.717, 1.165) is 0 Å². The molecule has 0 aliphatic rings. The van der Waals surface area contributed by atoms with Crippen LogP contribution in [-0.2, 0) is 0 Å². The van der Waals surface area contributed by atoms with Crippen LogP contribution in [0.2, 0.25) is 0 Å². The van der Waals surface area contributed by atoms with E-state index in [9.17, 15) is 0 Å². The fourth-order valence-electron chi connectivity index (χ4n) is 1.71. The molecule has 17 heavy (non-hydrogen) atoms. The fourth-order valence-corrected chi connectivity index (χ4v) is 6.55. The Morgan fingerprint density at radius 1 is 1.00 bits per heavy atom. The molecular formula is C13H9BrS2Se. The van der Waals surface area contributed by atoms with Crippen LogP contribution >= 0.6 is 38.6 Å². The molecular weight excluding hydrogens is 379 g/mol. The summed E-state index contributed by atoms with van der Waals surface area (Å²) in [4.78, 5) is 2.76. The van der Waals surface area contributed by atoms with Gasteiger partial charge in [0.2, 0.25) is 0 Å². The van der Waals surface area contributed by atoms with Crippen molar-refractivity contribution in [3.63, 3.8) is 0 Å². The minimum absolute atomic E-state index is 0.513. The molecule has 3 rings (SSSR count). The molecule has 0 spiro atoms. The standard InChI is InChI=1S/C13H9BrS2Se/c1-8-2-3-11(17-8)9-4-6-15-12(9)13-10(14)5-7-16-13/h2-7H,1H3. The Morgan fingerprint density at radius 3 is 2.41 bits per heavy atom. The number of rotatable bonds is 2. The molecule has 0 aliphatic carbocycles. The van der Waals surface area contributed by atoms with Gasteiger partial charge in [0.25, 0.3) is 0 Å². The molecule has 0 saturated carbocycles. The van der Waals surface area contributed by atoms with Crippen molar-refractivity contribution < 1.29 is 0 Å². The summed E-state index contributed by atoms with van der Waals surface area (Å²) in [6.45, 7) is 2.22. The summed E-state index contributed by atoms with van der Waals surface area (Å²) in [5.41, 5.74) is 1.42. The van der Waals surface area contributed by atoms with E-state index in [1.807, 2.05) is 22.7 Å². The molecule has 4 heteroatoms. The molecule has 3 heterocycles. The van der Waals surface area contributed by atoms with Crippen molar-refractivity contribution in [2.75, 3.05) is 0 Å². The van der Waals surface area contributed by atoms with Crippen LogP contribution in [0.25, 0.3) is 19.8 Å². The van der Waals surface area contributed by atoms with Crippen molar-refractivity contribution in [2.24, 2.45) is 0 Å². The van der Waals surface area contributed by atoms with Gasteiger partial charge in [-0.05, 0) is 0 Å². The third-order valence-corrected chi connectivity index (χ3v) is 7.58. The van der Waals surface area contributed by atoms with Crippen molar-refractivity contribution in [1.29, 1.82) is 0 Å². The van der Waals surface area contributed by atoms with Crippen molar-refractivity contribution in [3.05, 3.63) is 43.9 Å². The molecule has 0 bridgehead atoms. The molecule has 3 aromatic heterocycles. The van der Waals surface area contributed by atoms with Gasteiger partial charge in [-0.1, -0.05) is 0 Å². The quantitative estimate of drug-likeness (QED) is 0.525. The maximum atomic E-state index is 3.63. The first-order valence-electron chi connectivity index (χ1n) is 5.13. The van der Waals surface area contributed by atoms with Gasteiger partial charge in [-0.2, -0.15) is 0 Å². The first kappa shape index (κ1) is 11.9. The molecule has 0 atom stereocenters. The summed E-state index contributed by atoms with van der Waals surface area (Å²) in [5, 5.41) is 4.34. The minimum atomic E-state index is 0.513. The zero-order valence-electron chi connectivity index (χ0n) is 9.07. The van der Waals surface area contributed by atoms with Crippen LogP contribution in [0.3, 0.4) is 0 Å². The van der Waals surface area contributed by atoms with Crippen LogP contribution in [0.15, 0.2) is 39.5 Å². The van der Waals surface area contributed by atoms with Gasteiger partial charge in [-0.25, -0.2) is 0 Å². The molecule has 0 amide bonds. The second-order valence-corrected chi connectivity index (χ2v) is 9.06. The number of aryl methyl sites for hydroxylation is 1. The van der Waals surface area contributed by atoms with E-state index in [4.69, 9.17) is 0 Å². The van der Waals surface area contributed by atoms with Crippen molar-refractivity contribution in [1.82, 2.24) is 0 Å². The summed E-state index contributed by atoms with van der Waals surface area (Å²) in [7, 11) is 0. The third kappa shape index (κ3) is 2.25. The van der Waals surface area contributed by atoms with Gasteiger partial charge in [-0.15, -0.1) is 0 Å². The Bertz CT molecular complexity index is 648. The van der Waals surface area contributed by atoms with E-state index in [0.29, 0.717) is 14.5 Å². The number of halogens is 1. The summed E-state index contributed by atoms with van der Waals surface area (Å²) in [6.07, 6.45) is 0. The third-order valence-electron chi connectivity index (χ3n) is 2.49. The Balaban J connectivity index is 2.15. The Kier molecular flexibility index (Phi) is 3.42. The van der Waals surface area contributed by atoms with Crippen LogP contribution < -0.4 is 0 Å². The van der Waals surface area contributed by atoms with Crippen LogP contribution in [0.5, 0.6) is 0 Å².